The minimum absolute atomic E-state index is 0.347. The van der Waals surface area contributed by atoms with E-state index < -0.39 is 0 Å². The van der Waals surface area contributed by atoms with E-state index in [0.717, 1.165) is 25.7 Å². The van der Waals surface area contributed by atoms with E-state index in [4.69, 9.17) is 10.2 Å². The van der Waals surface area contributed by atoms with Gasteiger partial charge >= 0.3 is 0 Å². The zero-order chi connectivity index (χ0) is 14.8. The van der Waals surface area contributed by atoms with Gasteiger partial charge in [0.25, 0.3) is 0 Å². The molecule has 2 nitrogen and oxygen atoms in total. The summed E-state index contributed by atoms with van der Waals surface area (Å²) in [6.07, 6.45) is 4.43. The van der Waals surface area contributed by atoms with Crippen molar-refractivity contribution in [1.29, 1.82) is 0 Å². The summed E-state index contributed by atoms with van der Waals surface area (Å²) in [5.41, 5.74) is 2.50. The molecule has 0 aliphatic carbocycles. The van der Waals surface area contributed by atoms with E-state index in [1.54, 1.807) is 18.2 Å². The van der Waals surface area contributed by atoms with E-state index in [0.29, 0.717) is 11.5 Å². The van der Waals surface area contributed by atoms with Gasteiger partial charge in [0.2, 0.25) is 0 Å². The Morgan fingerprint density at radius 1 is 0.700 bits per heavy atom. The van der Waals surface area contributed by atoms with Crippen molar-refractivity contribution in [3.8, 4) is 11.5 Å². The van der Waals surface area contributed by atoms with Crippen LogP contribution in [0.5, 0.6) is 11.5 Å². The first-order chi connectivity index (χ1) is 9.65. The molecule has 0 aliphatic rings. The molecule has 0 aliphatic heterocycles. The molecule has 2 rings (SSSR count). The molecule has 0 fully saturated rings. The molecule has 2 heteroatoms. The Bertz CT molecular complexity index is 489. The predicted octanol–water partition coefficient (Wildman–Crippen LogP) is 4.69. The van der Waals surface area contributed by atoms with E-state index >= 15 is 0 Å². The summed E-state index contributed by atoms with van der Waals surface area (Å²) in [4.78, 5) is 0. The highest BCUT2D eigenvalue weighted by Gasteiger charge is 1.91. The molecule has 0 bridgehead atoms. The van der Waals surface area contributed by atoms with Crippen molar-refractivity contribution in [3.63, 3.8) is 0 Å². The van der Waals surface area contributed by atoms with Crippen molar-refractivity contribution in [2.45, 2.75) is 39.5 Å². The smallest absolute Gasteiger partial charge is 0.115 e. The Kier molecular flexibility index (Phi) is 7.26. The third kappa shape index (κ3) is 6.28. The zero-order valence-electron chi connectivity index (χ0n) is 12.3. The third-order valence-corrected chi connectivity index (χ3v) is 2.92. The van der Waals surface area contributed by atoms with Gasteiger partial charge in [-0.15, -0.1) is 0 Å². The second-order valence-corrected chi connectivity index (χ2v) is 4.84. The molecule has 0 aromatic heterocycles. The largest absolute Gasteiger partial charge is 0.508 e. The normalized spacial score (nSPS) is 9.70. The van der Waals surface area contributed by atoms with Gasteiger partial charge in [0.1, 0.15) is 11.5 Å². The van der Waals surface area contributed by atoms with Crippen LogP contribution in [0, 0.1) is 0 Å². The summed E-state index contributed by atoms with van der Waals surface area (Å²) in [7, 11) is 0. The lowest BCUT2D eigenvalue weighted by Crippen LogP contribution is -1.80. The van der Waals surface area contributed by atoms with Crippen molar-refractivity contribution < 1.29 is 10.2 Å². The number of aryl methyl sites for hydroxylation is 2. The molecule has 0 saturated heterocycles. The van der Waals surface area contributed by atoms with Gasteiger partial charge in [0, 0.05) is 0 Å². The molecule has 20 heavy (non-hydrogen) atoms. The van der Waals surface area contributed by atoms with E-state index in [9.17, 15) is 0 Å². The van der Waals surface area contributed by atoms with Gasteiger partial charge in [-0.05, 0) is 48.2 Å². The monoisotopic (exact) mass is 272 g/mol. The highest BCUT2D eigenvalue weighted by atomic mass is 16.3. The SMILES string of the molecule is CCCc1ccc(O)cc1.CCCc1cccc(O)c1. The number of phenolic OH excluding ortho intramolecular Hbond substituents is 2. The zero-order valence-corrected chi connectivity index (χ0v) is 12.3. The first-order valence-corrected chi connectivity index (χ1v) is 7.21. The minimum atomic E-state index is 0.347. The fourth-order valence-electron chi connectivity index (χ4n) is 1.95. The van der Waals surface area contributed by atoms with Gasteiger partial charge < -0.3 is 10.2 Å². The van der Waals surface area contributed by atoms with E-state index in [1.807, 2.05) is 30.3 Å². The summed E-state index contributed by atoms with van der Waals surface area (Å²) in [5.74, 6) is 0.714. The van der Waals surface area contributed by atoms with Crippen LogP contribution in [-0.4, -0.2) is 10.2 Å². The van der Waals surface area contributed by atoms with Gasteiger partial charge in [-0.1, -0.05) is 51.0 Å². The molecule has 0 spiro atoms. The second-order valence-electron chi connectivity index (χ2n) is 4.84. The minimum Gasteiger partial charge on any atom is -0.508 e. The number of rotatable bonds is 4. The topological polar surface area (TPSA) is 40.5 Å². The lowest BCUT2D eigenvalue weighted by atomic mass is 10.1. The first-order valence-electron chi connectivity index (χ1n) is 7.21. The number of phenols is 2. The Balaban J connectivity index is 0.000000200. The Morgan fingerprint density at radius 2 is 1.30 bits per heavy atom. The third-order valence-electron chi connectivity index (χ3n) is 2.92. The summed E-state index contributed by atoms with van der Waals surface area (Å²) >= 11 is 0. The maximum atomic E-state index is 9.04. The number of benzene rings is 2. The van der Waals surface area contributed by atoms with Gasteiger partial charge in [-0.3, -0.25) is 0 Å². The summed E-state index contributed by atoms with van der Waals surface area (Å²) in [5, 5.41) is 18.0. The van der Waals surface area contributed by atoms with Crippen LogP contribution in [0.3, 0.4) is 0 Å². The molecule has 2 aromatic carbocycles. The van der Waals surface area contributed by atoms with Crippen LogP contribution in [0.2, 0.25) is 0 Å². The van der Waals surface area contributed by atoms with Crippen molar-refractivity contribution in [2.24, 2.45) is 0 Å². The molecule has 0 unspecified atom stereocenters. The van der Waals surface area contributed by atoms with E-state index in [2.05, 4.69) is 13.8 Å². The molecule has 0 saturated carbocycles. The molecular formula is C18H24O2. The summed E-state index contributed by atoms with van der Waals surface area (Å²) < 4.78 is 0. The van der Waals surface area contributed by atoms with Crippen LogP contribution >= 0.6 is 0 Å². The predicted molar refractivity (Wildman–Crippen MR) is 84.2 cm³/mol. The highest BCUT2D eigenvalue weighted by molar-refractivity contribution is 5.27. The van der Waals surface area contributed by atoms with Crippen LogP contribution in [0.4, 0.5) is 0 Å². The fraction of sp³-hybridized carbons (Fsp3) is 0.333. The number of hydrogen-bond donors (Lipinski definition) is 2. The van der Waals surface area contributed by atoms with Crippen LogP contribution in [0.1, 0.15) is 37.8 Å². The Labute approximate surface area is 121 Å². The quantitative estimate of drug-likeness (QED) is 0.847. The van der Waals surface area contributed by atoms with Gasteiger partial charge in [-0.25, -0.2) is 0 Å². The van der Waals surface area contributed by atoms with Crippen molar-refractivity contribution in [3.05, 3.63) is 59.7 Å². The second kappa shape index (κ2) is 9.03. The fourth-order valence-corrected chi connectivity index (χ4v) is 1.95. The Hall–Kier alpha value is -1.96. The van der Waals surface area contributed by atoms with Crippen molar-refractivity contribution >= 4 is 0 Å². The molecule has 108 valence electrons. The molecule has 0 radical (unpaired) electrons. The lowest BCUT2D eigenvalue weighted by molar-refractivity contribution is 0.474. The van der Waals surface area contributed by atoms with Crippen LogP contribution < -0.4 is 0 Å². The number of hydrogen-bond acceptors (Lipinski definition) is 2. The molecule has 0 heterocycles. The standard InChI is InChI=1S/2C9H12O/c1-2-4-8-5-3-6-9(10)7-8;1-2-3-8-4-6-9(10)7-5-8/h3,5-7,10H,2,4H2,1H3;4-7,10H,2-3H2,1H3. The average molecular weight is 272 g/mol. The van der Waals surface area contributed by atoms with Crippen molar-refractivity contribution in [2.75, 3.05) is 0 Å². The summed E-state index contributed by atoms with van der Waals surface area (Å²) in [6, 6.07) is 14.8. The van der Waals surface area contributed by atoms with E-state index in [-0.39, 0.29) is 0 Å². The van der Waals surface area contributed by atoms with Crippen LogP contribution in [0.25, 0.3) is 0 Å². The maximum Gasteiger partial charge on any atom is 0.115 e. The average Bonchev–Trinajstić information content (AvgIpc) is 2.43. The van der Waals surface area contributed by atoms with E-state index in [1.165, 1.54) is 11.1 Å². The Morgan fingerprint density at radius 3 is 1.85 bits per heavy atom. The summed E-state index contributed by atoms with van der Waals surface area (Å²) in [6.45, 7) is 4.27. The molecule has 0 atom stereocenters. The maximum absolute atomic E-state index is 9.04. The lowest BCUT2D eigenvalue weighted by Gasteiger charge is -1.97. The molecule has 0 amide bonds. The van der Waals surface area contributed by atoms with Crippen LogP contribution in [0.15, 0.2) is 48.5 Å². The van der Waals surface area contributed by atoms with Crippen molar-refractivity contribution in [1.82, 2.24) is 0 Å². The molecule has 2 N–H and O–H groups in total. The van der Waals surface area contributed by atoms with Crippen LogP contribution in [-0.2, 0) is 12.8 Å². The highest BCUT2D eigenvalue weighted by Crippen LogP contribution is 2.12. The van der Waals surface area contributed by atoms with Gasteiger partial charge in [0.05, 0.1) is 0 Å². The first kappa shape index (κ1) is 16.1. The molecule has 2 aromatic rings. The number of aromatic hydroxyl groups is 2. The van der Waals surface area contributed by atoms with Gasteiger partial charge in [-0.2, -0.15) is 0 Å². The molecular weight excluding hydrogens is 248 g/mol. The van der Waals surface area contributed by atoms with Gasteiger partial charge in [0.15, 0.2) is 0 Å².